The molecule has 0 saturated heterocycles. The molecular weight excluding hydrogens is 300 g/mol. The smallest absolute Gasteiger partial charge is 0.161 e. The Morgan fingerprint density at radius 1 is 1.25 bits per heavy atom. The quantitative estimate of drug-likeness (QED) is 0.808. The molecule has 132 valence electrons. The molecule has 3 rings (SSSR count). The zero-order chi connectivity index (χ0) is 17.5. The molecular formula is C21H30O3. The number of rotatable bonds is 2. The van der Waals surface area contributed by atoms with Crippen LogP contribution in [0.2, 0.25) is 0 Å². The highest BCUT2D eigenvalue weighted by molar-refractivity contribution is 5.86. The average Bonchev–Trinajstić information content (AvgIpc) is 2.82. The zero-order valence-corrected chi connectivity index (χ0v) is 15.0. The Morgan fingerprint density at radius 3 is 2.71 bits per heavy atom. The van der Waals surface area contributed by atoms with Crippen molar-refractivity contribution in [3.05, 3.63) is 35.5 Å². The Hall–Kier alpha value is -1.19. The molecule has 3 aliphatic carbocycles. The highest BCUT2D eigenvalue weighted by Gasteiger charge is 2.60. The lowest BCUT2D eigenvalue weighted by atomic mass is 9.61. The Bertz CT molecular complexity index is 615. The number of ketones is 1. The van der Waals surface area contributed by atoms with Crippen molar-refractivity contribution in [1.82, 2.24) is 0 Å². The number of hydrogen-bond donors (Lipinski definition) is 2. The van der Waals surface area contributed by atoms with E-state index < -0.39 is 5.60 Å². The van der Waals surface area contributed by atoms with Crippen LogP contribution in [-0.2, 0) is 4.79 Å². The van der Waals surface area contributed by atoms with Gasteiger partial charge in [0.1, 0.15) is 5.60 Å². The zero-order valence-electron chi connectivity index (χ0n) is 15.0. The molecule has 3 heteroatoms. The minimum absolute atomic E-state index is 0.0871. The Balaban J connectivity index is 1.87. The molecule has 3 fully saturated rings. The summed E-state index contributed by atoms with van der Waals surface area (Å²) in [5, 5.41) is 20.9. The maximum atomic E-state index is 12.1. The molecule has 0 unspecified atom stereocenters. The van der Waals surface area contributed by atoms with Crippen LogP contribution in [-0.4, -0.2) is 27.7 Å². The highest BCUT2D eigenvalue weighted by atomic mass is 16.3. The van der Waals surface area contributed by atoms with Crippen molar-refractivity contribution in [2.24, 2.45) is 11.3 Å². The van der Waals surface area contributed by atoms with Crippen molar-refractivity contribution in [2.45, 2.75) is 76.9 Å². The van der Waals surface area contributed by atoms with Gasteiger partial charge in [0, 0.05) is 5.41 Å². The van der Waals surface area contributed by atoms with E-state index in [0.717, 1.165) is 49.7 Å². The first-order chi connectivity index (χ1) is 11.3. The van der Waals surface area contributed by atoms with Crippen LogP contribution in [0.3, 0.4) is 0 Å². The van der Waals surface area contributed by atoms with Crippen LogP contribution in [0.15, 0.2) is 35.5 Å². The maximum Gasteiger partial charge on any atom is 0.161 e. The lowest BCUT2D eigenvalue weighted by Crippen LogP contribution is -2.51. The van der Waals surface area contributed by atoms with Crippen LogP contribution in [0, 0.1) is 11.3 Å². The number of carbonyl (C=O) groups excluding carboxylic acids is 1. The van der Waals surface area contributed by atoms with E-state index in [1.165, 1.54) is 12.5 Å². The van der Waals surface area contributed by atoms with Crippen LogP contribution in [0.25, 0.3) is 0 Å². The maximum absolute atomic E-state index is 12.1. The Labute approximate surface area is 145 Å². The fourth-order valence-corrected chi connectivity index (χ4v) is 5.23. The number of carbonyl (C=O) groups is 1. The summed E-state index contributed by atoms with van der Waals surface area (Å²) in [7, 11) is 0. The van der Waals surface area contributed by atoms with Crippen LogP contribution in [0.4, 0.5) is 0 Å². The van der Waals surface area contributed by atoms with E-state index in [2.05, 4.69) is 25.7 Å². The largest absolute Gasteiger partial charge is 0.393 e. The van der Waals surface area contributed by atoms with Gasteiger partial charge >= 0.3 is 0 Å². The summed E-state index contributed by atoms with van der Waals surface area (Å²) in [5.74, 6) is 0.190. The Kier molecular flexibility index (Phi) is 4.61. The molecule has 24 heavy (non-hydrogen) atoms. The summed E-state index contributed by atoms with van der Waals surface area (Å²) in [6.45, 7) is 7.75. The van der Waals surface area contributed by atoms with E-state index in [0.29, 0.717) is 12.8 Å². The second-order valence-electron chi connectivity index (χ2n) is 8.21. The highest BCUT2D eigenvalue weighted by Crippen LogP contribution is 2.59. The normalized spacial score (nSPS) is 43.2. The van der Waals surface area contributed by atoms with E-state index in [1.807, 2.05) is 0 Å². The molecule has 4 atom stereocenters. The van der Waals surface area contributed by atoms with Gasteiger partial charge in [-0.1, -0.05) is 36.8 Å². The summed E-state index contributed by atoms with van der Waals surface area (Å²) >= 11 is 0. The number of aliphatic hydroxyl groups excluding tert-OH is 1. The van der Waals surface area contributed by atoms with E-state index in [1.54, 1.807) is 0 Å². The summed E-state index contributed by atoms with van der Waals surface area (Å²) in [6.07, 6.45) is 10.8. The van der Waals surface area contributed by atoms with Gasteiger partial charge in [0.2, 0.25) is 0 Å². The summed E-state index contributed by atoms with van der Waals surface area (Å²) in [6, 6.07) is 0. The topological polar surface area (TPSA) is 57.5 Å². The third-order valence-electron chi connectivity index (χ3n) is 6.89. The molecule has 0 heterocycles. The van der Waals surface area contributed by atoms with E-state index in [9.17, 15) is 15.0 Å². The monoisotopic (exact) mass is 330 g/mol. The number of aliphatic hydroxyl groups is 2. The minimum atomic E-state index is -1.17. The molecule has 0 aromatic rings. The molecule has 0 aromatic carbocycles. The molecule has 3 nitrogen and oxygen atoms in total. The molecule has 0 radical (unpaired) electrons. The van der Waals surface area contributed by atoms with Gasteiger partial charge in [-0.25, -0.2) is 0 Å². The lowest BCUT2D eigenvalue weighted by molar-refractivity contribution is -0.149. The molecule has 0 aromatic heterocycles. The van der Waals surface area contributed by atoms with E-state index in [-0.39, 0.29) is 23.2 Å². The molecule has 0 amide bonds. The fourth-order valence-electron chi connectivity index (χ4n) is 5.23. The standard InChI is InChI=1S/C21H30O3/c1-14-6-9-18(23)13-17(14)8-7-16-5-4-11-20(3)19(16)10-12-21(20,24)15(2)22/h7-8,18-19,23-24H,1,4-6,9-13H2,2-3H3/b16-7+,17-8-/t18-,19+,20+,21+/m1/s1. The van der Waals surface area contributed by atoms with Crippen molar-refractivity contribution in [3.63, 3.8) is 0 Å². The van der Waals surface area contributed by atoms with Gasteiger partial charge < -0.3 is 10.2 Å². The van der Waals surface area contributed by atoms with Crippen molar-refractivity contribution < 1.29 is 15.0 Å². The van der Waals surface area contributed by atoms with Crippen molar-refractivity contribution in [3.8, 4) is 0 Å². The third kappa shape index (κ3) is 2.72. The predicted octanol–water partition coefficient (Wildman–Crippen LogP) is 3.86. The second kappa shape index (κ2) is 6.27. The van der Waals surface area contributed by atoms with Gasteiger partial charge in [0.15, 0.2) is 5.78 Å². The molecule has 0 spiro atoms. The summed E-state index contributed by atoms with van der Waals surface area (Å²) in [4.78, 5) is 12.1. The number of Topliss-reactive ketones (excluding diaryl/α,β-unsaturated/α-hetero) is 1. The van der Waals surface area contributed by atoms with Gasteiger partial charge in [-0.3, -0.25) is 4.79 Å². The SMILES string of the molecule is C=C1CC[C@@H](O)C/C1=C/C=C1\CCC[C@@]2(C)[C@H]1CC[C@]2(O)C(C)=O. The van der Waals surface area contributed by atoms with Crippen molar-refractivity contribution in [2.75, 3.05) is 0 Å². The third-order valence-corrected chi connectivity index (χ3v) is 6.89. The van der Waals surface area contributed by atoms with Gasteiger partial charge in [-0.15, -0.1) is 0 Å². The van der Waals surface area contributed by atoms with Crippen molar-refractivity contribution in [1.29, 1.82) is 0 Å². The molecule has 0 bridgehead atoms. The number of allylic oxidation sites excluding steroid dienone is 4. The van der Waals surface area contributed by atoms with Gasteiger partial charge in [0.25, 0.3) is 0 Å². The minimum Gasteiger partial charge on any atom is -0.393 e. The summed E-state index contributed by atoms with van der Waals surface area (Å²) in [5.41, 5.74) is 2.11. The number of fused-ring (bicyclic) bond motifs is 1. The molecule has 2 N–H and O–H groups in total. The first-order valence-corrected chi connectivity index (χ1v) is 9.27. The predicted molar refractivity (Wildman–Crippen MR) is 95.5 cm³/mol. The van der Waals surface area contributed by atoms with Crippen molar-refractivity contribution >= 4 is 5.78 Å². The average molecular weight is 330 g/mol. The van der Waals surface area contributed by atoms with Crippen LogP contribution in [0.5, 0.6) is 0 Å². The first-order valence-electron chi connectivity index (χ1n) is 9.27. The molecule has 3 aliphatic rings. The van der Waals surface area contributed by atoms with Gasteiger partial charge in [-0.2, -0.15) is 0 Å². The fraction of sp³-hybridized carbons (Fsp3) is 0.667. The molecule has 3 saturated carbocycles. The lowest BCUT2D eigenvalue weighted by Gasteiger charge is -2.45. The number of hydrogen-bond acceptors (Lipinski definition) is 3. The van der Waals surface area contributed by atoms with E-state index >= 15 is 0 Å². The van der Waals surface area contributed by atoms with E-state index in [4.69, 9.17) is 0 Å². The van der Waals surface area contributed by atoms with Crippen LogP contribution < -0.4 is 0 Å². The van der Waals surface area contributed by atoms with Crippen LogP contribution >= 0.6 is 0 Å². The van der Waals surface area contributed by atoms with Crippen LogP contribution in [0.1, 0.15) is 65.2 Å². The second-order valence-corrected chi connectivity index (χ2v) is 8.21. The Morgan fingerprint density at radius 2 is 2.00 bits per heavy atom. The summed E-state index contributed by atoms with van der Waals surface area (Å²) < 4.78 is 0. The van der Waals surface area contributed by atoms with Gasteiger partial charge in [-0.05, 0) is 69.8 Å². The first kappa shape index (κ1) is 17.6. The molecule has 0 aliphatic heterocycles. The van der Waals surface area contributed by atoms with Gasteiger partial charge in [0.05, 0.1) is 6.10 Å².